The van der Waals surface area contributed by atoms with Crippen LogP contribution < -0.4 is 10.6 Å². The van der Waals surface area contributed by atoms with Crippen molar-refractivity contribution in [3.8, 4) is 0 Å². The highest BCUT2D eigenvalue weighted by molar-refractivity contribution is 14.0. The normalized spacial score (nSPS) is 12.6. The average molecular weight is 577 g/mol. The Labute approximate surface area is 194 Å². The van der Waals surface area contributed by atoms with E-state index in [-0.39, 0.29) is 42.0 Å². The third kappa shape index (κ3) is 7.35. The quantitative estimate of drug-likeness (QED) is 0.300. The largest absolute Gasteiger partial charge is 0.434 e. The molecule has 0 aliphatic carbocycles. The molecule has 0 aliphatic heterocycles. The number of nitrogens with zero attached hydrogens (tertiary/aromatic N) is 3. The van der Waals surface area contributed by atoms with Gasteiger partial charge < -0.3 is 10.6 Å². The highest BCUT2D eigenvalue weighted by Crippen LogP contribution is 2.29. The van der Waals surface area contributed by atoms with E-state index in [1.54, 1.807) is 12.1 Å². The molecule has 168 valence electrons. The number of hydrogen-bond donors (Lipinski definition) is 2. The van der Waals surface area contributed by atoms with E-state index in [9.17, 15) is 21.6 Å². The summed E-state index contributed by atoms with van der Waals surface area (Å²) in [6.45, 7) is 2.80. The Kier molecular flexibility index (Phi) is 9.97. The molecule has 0 saturated heterocycles. The molecule has 2 N–H and O–H groups in total. The van der Waals surface area contributed by atoms with Crippen molar-refractivity contribution in [2.24, 2.45) is 4.99 Å². The molecule has 1 aromatic heterocycles. The maximum atomic E-state index is 12.6. The molecule has 30 heavy (non-hydrogen) atoms. The number of rotatable bonds is 7. The van der Waals surface area contributed by atoms with Gasteiger partial charge in [-0.15, -0.1) is 35.3 Å². The number of guanidine groups is 1. The fourth-order valence-electron chi connectivity index (χ4n) is 2.17. The Morgan fingerprint density at radius 3 is 2.33 bits per heavy atom. The molecular weight excluding hydrogens is 554 g/mol. The molecule has 0 unspecified atom stereocenters. The van der Waals surface area contributed by atoms with E-state index < -0.39 is 21.9 Å². The maximum Gasteiger partial charge on any atom is 0.434 e. The number of benzene rings is 1. The number of nitrogens with one attached hydrogen (secondary N) is 2. The number of thiazole rings is 1. The Morgan fingerprint density at radius 1 is 1.20 bits per heavy atom. The summed E-state index contributed by atoms with van der Waals surface area (Å²) in [5.74, 6) is 0.418. The topological polar surface area (TPSA) is 86.7 Å². The van der Waals surface area contributed by atoms with Crippen LogP contribution in [0.15, 0.2) is 39.5 Å². The molecule has 0 amide bonds. The fourth-order valence-corrected chi connectivity index (χ4v) is 3.81. The molecule has 2 aromatic rings. The minimum absolute atomic E-state index is 0. The first-order valence-corrected chi connectivity index (χ1v) is 10.9. The van der Waals surface area contributed by atoms with Crippen molar-refractivity contribution in [3.05, 3.63) is 45.9 Å². The first-order chi connectivity index (χ1) is 13.5. The molecule has 1 aromatic carbocycles. The zero-order chi connectivity index (χ0) is 21.7. The van der Waals surface area contributed by atoms with Crippen LogP contribution in [0.4, 0.5) is 13.2 Å². The Morgan fingerprint density at radius 2 is 1.83 bits per heavy atom. The van der Waals surface area contributed by atoms with Gasteiger partial charge in [0.25, 0.3) is 0 Å². The Balaban J connectivity index is 0.00000450. The van der Waals surface area contributed by atoms with Gasteiger partial charge in [-0.25, -0.2) is 22.7 Å². The van der Waals surface area contributed by atoms with Gasteiger partial charge >= 0.3 is 6.18 Å². The highest BCUT2D eigenvalue weighted by atomic mass is 127. The lowest BCUT2D eigenvalue weighted by Crippen LogP contribution is -2.36. The first-order valence-electron chi connectivity index (χ1n) is 8.59. The van der Waals surface area contributed by atoms with E-state index >= 15 is 0 Å². The van der Waals surface area contributed by atoms with Gasteiger partial charge in [0.15, 0.2) is 11.7 Å². The van der Waals surface area contributed by atoms with Crippen LogP contribution >= 0.6 is 35.3 Å². The van der Waals surface area contributed by atoms with Gasteiger partial charge in [-0.1, -0.05) is 12.1 Å². The van der Waals surface area contributed by atoms with Gasteiger partial charge in [0.05, 0.1) is 18.0 Å². The Hall–Kier alpha value is -1.45. The van der Waals surface area contributed by atoms with E-state index in [1.165, 1.54) is 26.2 Å². The van der Waals surface area contributed by atoms with Gasteiger partial charge in [-0.2, -0.15) is 13.2 Å². The molecule has 0 bridgehead atoms. The number of aromatic nitrogens is 1. The van der Waals surface area contributed by atoms with Crippen LogP contribution in [-0.4, -0.2) is 44.3 Å². The van der Waals surface area contributed by atoms with Crippen molar-refractivity contribution >= 4 is 51.3 Å². The van der Waals surface area contributed by atoms with E-state index in [0.717, 1.165) is 26.6 Å². The maximum absolute atomic E-state index is 12.6. The molecule has 13 heteroatoms. The van der Waals surface area contributed by atoms with Crippen LogP contribution in [0.5, 0.6) is 0 Å². The molecule has 0 fully saturated rings. The van der Waals surface area contributed by atoms with Gasteiger partial charge in [0, 0.05) is 26.0 Å². The third-order valence-electron chi connectivity index (χ3n) is 3.72. The van der Waals surface area contributed by atoms with Crippen molar-refractivity contribution in [1.82, 2.24) is 19.9 Å². The lowest BCUT2D eigenvalue weighted by Gasteiger charge is -2.12. The third-order valence-corrected chi connectivity index (χ3v) is 6.39. The summed E-state index contributed by atoms with van der Waals surface area (Å²) in [5, 5.41) is 7.21. The number of halogens is 4. The summed E-state index contributed by atoms with van der Waals surface area (Å²) < 4.78 is 63.2. The molecule has 7 nitrogen and oxygen atoms in total. The smallest absolute Gasteiger partial charge is 0.357 e. The minimum atomic E-state index is -4.46. The summed E-state index contributed by atoms with van der Waals surface area (Å²) >= 11 is 0.920. The van der Waals surface area contributed by atoms with Crippen molar-refractivity contribution < 1.29 is 21.6 Å². The predicted molar refractivity (Wildman–Crippen MR) is 122 cm³/mol. The summed E-state index contributed by atoms with van der Waals surface area (Å²) in [4.78, 5) is 8.12. The summed E-state index contributed by atoms with van der Waals surface area (Å²) in [5.41, 5.74) is -0.123. The van der Waals surface area contributed by atoms with Gasteiger partial charge in [0.2, 0.25) is 10.0 Å². The molecule has 2 rings (SSSR count). The van der Waals surface area contributed by atoms with Crippen LogP contribution in [-0.2, 0) is 29.3 Å². The van der Waals surface area contributed by atoms with E-state index in [0.29, 0.717) is 17.5 Å². The second kappa shape index (κ2) is 11.2. The van der Waals surface area contributed by atoms with Crippen LogP contribution in [0.25, 0.3) is 0 Å². The zero-order valence-electron chi connectivity index (χ0n) is 16.5. The monoisotopic (exact) mass is 577 g/mol. The van der Waals surface area contributed by atoms with Gasteiger partial charge in [0.1, 0.15) is 5.01 Å². The van der Waals surface area contributed by atoms with E-state index in [4.69, 9.17) is 0 Å². The van der Waals surface area contributed by atoms with Crippen molar-refractivity contribution in [2.45, 2.75) is 31.1 Å². The van der Waals surface area contributed by atoms with Crippen LogP contribution in [0.3, 0.4) is 0 Å². The predicted octanol–water partition coefficient (Wildman–Crippen LogP) is 3.29. The molecule has 0 aliphatic rings. The lowest BCUT2D eigenvalue weighted by atomic mass is 10.2. The molecular formula is C17H23F3IN5O2S2. The lowest BCUT2D eigenvalue weighted by molar-refractivity contribution is -0.140. The van der Waals surface area contributed by atoms with Gasteiger partial charge in [-0.3, -0.25) is 0 Å². The molecule has 0 spiro atoms. The molecule has 1 heterocycles. The summed E-state index contributed by atoms with van der Waals surface area (Å²) in [6.07, 6.45) is -4.46. The average Bonchev–Trinajstić information content (AvgIpc) is 3.14. The SMILES string of the molecule is CCNC(=NCc1ccc(S(=O)(=O)N(C)C)cc1)NCc1nc(C(F)(F)F)cs1.I. The molecule has 0 atom stereocenters. The number of hydrogen-bond acceptors (Lipinski definition) is 5. The van der Waals surface area contributed by atoms with E-state index in [2.05, 4.69) is 20.6 Å². The van der Waals surface area contributed by atoms with Crippen LogP contribution in [0.1, 0.15) is 23.2 Å². The first kappa shape index (κ1) is 26.6. The summed E-state index contributed by atoms with van der Waals surface area (Å²) in [7, 11) is -0.574. The number of aliphatic imine (C=N–C) groups is 1. The van der Waals surface area contributed by atoms with Gasteiger partial charge in [-0.05, 0) is 24.6 Å². The fraction of sp³-hybridized carbons (Fsp3) is 0.412. The number of sulfonamides is 1. The molecule has 0 saturated carbocycles. The zero-order valence-corrected chi connectivity index (χ0v) is 20.5. The Bertz CT molecular complexity index is 945. The standard InChI is InChI=1S/C17H22F3N5O2S2.HI/c1-4-21-16(23-10-15-24-14(11-28-15)17(18,19)20)22-9-12-5-7-13(8-6-12)29(26,27)25(2)3;/h5-8,11H,4,9-10H2,1-3H3,(H2,21,22,23);1H. The second-order valence-electron chi connectivity index (χ2n) is 6.10. The van der Waals surface area contributed by atoms with Crippen molar-refractivity contribution in [1.29, 1.82) is 0 Å². The second-order valence-corrected chi connectivity index (χ2v) is 9.20. The van der Waals surface area contributed by atoms with E-state index in [1.807, 2.05) is 6.92 Å². The van der Waals surface area contributed by atoms with Crippen molar-refractivity contribution in [2.75, 3.05) is 20.6 Å². The minimum Gasteiger partial charge on any atom is -0.357 e. The molecule has 0 radical (unpaired) electrons. The van der Waals surface area contributed by atoms with Crippen LogP contribution in [0, 0.1) is 0 Å². The highest BCUT2D eigenvalue weighted by Gasteiger charge is 2.33. The van der Waals surface area contributed by atoms with Crippen molar-refractivity contribution in [3.63, 3.8) is 0 Å². The number of alkyl halides is 3. The summed E-state index contributed by atoms with van der Waals surface area (Å²) in [6, 6.07) is 6.35. The van der Waals surface area contributed by atoms with Crippen LogP contribution in [0.2, 0.25) is 0 Å².